The summed E-state index contributed by atoms with van der Waals surface area (Å²) in [6.45, 7) is 6.19. The number of hydrogen-bond donors (Lipinski definition) is 4. The van der Waals surface area contributed by atoms with Crippen LogP contribution in [-0.2, 0) is 12.6 Å². The van der Waals surface area contributed by atoms with Crippen molar-refractivity contribution in [3.05, 3.63) is 70.7 Å². The van der Waals surface area contributed by atoms with Gasteiger partial charge in [0.05, 0.1) is 16.6 Å². The molecule has 4 N–H and O–H groups in total. The zero-order valence-electron chi connectivity index (χ0n) is 19.7. The third kappa shape index (κ3) is 4.56. The van der Waals surface area contributed by atoms with Crippen molar-refractivity contribution in [1.29, 1.82) is 0 Å². The molecule has 0 spiro atoms. The first kappa shape index (κ1) is 23.6. The number of halogens is 4. The number of hydrogen-bond acceptors (Lipinski definition) is 5. The van der Waals surface area contributed by atoms with Gasteiger partial charge in [-0.05, 0) is 62.6 Å². The molecule has 0 bridgehead atoms. The first-order chi connectivity index (χ1) is 17.1. The number of aromatic nitrogens is 5. The molecule has 0 amide bonds. The van der Waals surface area contributed by atoms with E-state index in [1.54, 1.807) is 25.1 Å². The summed E-state index contributed by atoms with van der Waals surface area (Å²) in [5.41, 5.74) is 4.51. The van der Waals surface area contributed by atoms with Crippen molar-refractivity contribution in [1.82, 2.24) is 24.9 Å². The number of H-pyrrole nitrogens is 2. The summed E-state index contributed by atoms with van der Waals surface area (Å²) in [5, 5.41) is 7.29. The third-order valence-corrected chi connectivity index (χ3v) is 5.97. The van der Waals surface area contributed by atoms with Crippen molar-refractivity contribution in [3.8, 4) is 0 Å². The molecule has 0 atom stereocenters. The zero-order chi connectivity index (χ0) is 25.6. The molecule has 0 saturated carbocycles. The highest BCUT2D eigenvalue weighted by molar-refractivity contribution is 5.88. The Labute approximate surface area is 203 Å². The van der Waals surface area contributed by atoms with E-state index in [4.69, 9.17) is 0 Å². The van der Waals surface area contributed by atoms with E-state index in [1.807, 2.05) is 13.8 Å². The Morgan fingerprint density at radius 3 is 2.47 bits per heavy atom. The van der Waals surface area contributed by atoms with E-state index in [-0.39, 0.29) is 16.9 Å². The molecule has 0 aliphatic carbocycles. The lowest BCUT2D eigenvalue weighted by molar-refractivity contribution is -0.144. The lowest BCUT2D eigenvalue weighted by Crippen LogP contribution is -2.09. The van der Waals surface area contributed by atoms with Gasteiger partial charge in [0.1, 0.15) is 23.3 Å². The van der Waals surface area contributed by atoms with E-state index in [9.17, 15) is 17.6 Å². The predicted molar refractivity (Wildman–Crippen MR) is 131 cm³/mol. The molecule has 0 aliphatic heterocycles. The van der Waals surface area contributed by atoms with Crippen LogP contribution in [0.5, 0.6) is 0 Å². The van der Waals surface area contributed by atoms with Crippen LogP contribution in [0.25, 0.3) is 21.9 Å². The van der Waals surface area contributed by atoms with Crippen molar-refractivity contribution in [2.75, 3.05) is 17.2 Å². The highest BCUT2D eigenvalue weighted by Crippen LogP contribution is 2.30. The molecule has 5 rings (SSSR count). The number of imidazole rings is 1. The van der Waals surface area contributed by atoms with E-state index < -0.39 is 12.0 Å². The Bertz CT molecular complexity index is 1580. The lowest BCUT2D eigenvalue weighted by Gasteiger charge is -2.11. The molecule has 2 aromatic carbocycles. The summed E-state index contributed by atoms with van der Waals surface area (Å²) >= 11 is 0. The molecule has 11 heteroatoms. The van der Waals surface area contributed by atoms with E-state index in [0.29, 0.717) is 41.6 Å². The summed E-state index contributed by atoms with van der Waals surface area (Å²) in [4.78, 5) is 17.8. The Kier molecular flexibility index (Phi) is 5.77. The Hall–Kier alpha value is -4.15. The van der Waals surface area contributed by atoms with Gasteiger partial charge in [0.15, 0.2) is 0 Å². The minimum absolute atomic E-state index is 0.192. The molecule has 3 aromatic heterocycles. The largest absolute Gasteiger partial charge is 0.449 e. The van der Waals surface area contributed by atoms with Gasteiger partial charge >= 0.3 is 6.18 Å². The SMILES string of the molecule is Cc1nc(NCCc2c(C)[nH]c3c(F)ccc(C)c23)cc(Nc2ccc3[nH]c(C(F)(F)F)nc3c2)n1. The molecule has 36 heavy (non-hydrogen) atoms. The molecule has 0 unspecified atom stereocenters. The maximum atomic E-state index is 14.2. The smallest absolute Gasteiger partial charge is 0.370 e. The van der Waals surface area contributed by atoms with E-state index in [1.165, 1.54) is 18.2 Å². The molecule has 186 valence electrons. The average Bonchev–Trinajstić information content (AvgIpc) is 3.38. The highest BCUT2D eigenvalue weighted by Gasteiger charge is 2.34. The number of aromatic amines is 2. The normalized spacial score (nSPS) is 12.0. The van der Waals surface area contributed by atoms with Crippen LogP contribution in [0.4, 0.5) is 34.9 Å². The van der Waals surface area contributed by atoms with Crippen molar-refractivity contribution in [2.45, 2.75) is 33.4 Å². The maximum absolute atomic E-state index is 14.2. The van der Waals surface area contributed by atoms with Crippen LogP contribution in [0.15, 0.2) is 36.4 Å². The summed E-state index contributed by atoms with van der Waals surface area (Å²) < 4.78 is 53.0. The van der Waals surface area contributed by atoms with Crippen molar-refractivity contribution in [3.63, 3.8) is 0 Å². The van der Waals surface area contributed by atoms with Crippen LogP contribution in [0.2, 0.25) is 0 Å². The fraction of sp³-hybridized carbons (Fsp3) is 0.240. The Morgan fingerprint density at radius 2 is 1.69 bits per heavy atom. The minimum atomic E-state index is -4.55. The van der Waals surface area contributed by atoms with Gasteiger partial charge in [-0.3, -0.25) is 0 Å². The molecule has 0 radical (unpaired) electrons. The second-order valence-electron chi connectivity index (χ2n) is 8.65. The third-order valence-electron chi connectivity index (χ3n) is 5.97. The van der Waals surface area contributed by atoms with E-state index in [2.05, 4.69) is 35.6 Å². The second kappa shape index (κ2) is 8.81. The quantitative estimate of drug-likeness (QED) is 0.206. The van der Waals surface area contributed by atoms with Gasteiger partial charge in [0, 0.05) is 29.4 Å². The number of alkyl halides is 3. The Balaban J connectivity index is 1.32. The predicted octanol–water partition coefficient (Wildman–Crippen LogP) is 6.32. The number of nitrogens with one attached hydrogen (secondary N) is 4. The molecule has 7 nitrogen and oxygen atoms in total. The van der Waals surface area contributed by atoms with Gasteiger partial charge in [-0.15, -0.1) is 0 Å². The summed E-state index contributed by atoms with van der Waals surface area (Å²) in [6, 6.07) is 9.65. The first-order valence-corrected chi connectivity index (χ1v) is 11.3. The summed E-state index contributed by atoms with van der Waals surface area (Å²) in [6.07, 6.45) is -3.89. The van der Waals surface area contributed by atoms with Crippen LogP contribution in [0, 0.1) is 26.6 Å². The molecule has 0 saturated heterocycles. The second-order valence-corrected chi connectivity index (χ2v) is 8.65. The number of fused-ring (bicyclic) bond motifs is 2. The zero-order valence-corrected chi connectivity index (χ0v) is 19.7. The fourth-order valence-corrected chi connectivity index (χ4v) is 4.36. The fourth-order valence-electron chi connectivity index (χ4n) is 4.36. The molecule has 3 heterocycles. The molecule has 0 aliphatic rings. The first-order valence-electron chi connectivity index (χ1n) is 11.3. The van der Waals surface area contributed by atoms with Crippen molar-refractivity contribution in [2.24, 2.45) is 0 Å². The van der Waals surface area contributed by atoms with Crippen LogP contribution >= 0.6 is 0 Å². The van der Waals surface area contributed by atoms with Gasteiger partial charge in [-0.1, -0.05) is 6.07 Å². The maximum Gasteiger partial charge on any atom is 0.449 e. The minimum Gasteiger partial charge on any atom is -0.370 e. The standard InChI is InChI=1S/C25H23F4N7/c1-12-4-6-17(26)23-22(12)16(13(2)31-23)8-9-30-20-11-21(33-14(3)32-20)34-15-5-7-18-19(10-15)36-24(35-18)25(27,28)29/h4-7,10-11,31H,8-9H2,1-3H3,(H,35,36)(H2,30,32,33,34). The van der Waals surface area contributed by atoms with Crippen LogP contribution < -0.4 is 10.6 Å². The van der Waals surface area contributed by atoms with Gasteiger partial charge in [0.2, 0.25) is 5.82 Å². The van der Waals surface area contributed by atoms with E-state index >= 15 is 0 Å². The average molecular weight is 498 g/mol. The van der Waals surface area contributed by atoms with Crippen LogP contribution in [0.3, 0.4) is 0 Å². The topological polar surface area (TPSA) is 94.3 Å². The lowest BCUT2D eigenvalue weighted by atomic mass is 10.0. The van der Waals surface area contributed by atoms with Gasteiger partial charge in [0.25, 0.3) is 0 Å². The monoisotopic (exact) mass is 497 g/mol. The van der Waals surface area contributed by atoms with Gasteiger partial charge in [-0.25, -0.2) is 19.3 Å². The highest BCUT2D eigenvalue weighted by atomic mass is 19.4. The summed E-state index contributed by atoms with van der Waals surface area (Å²) in [5.74, 6) is 0.275. The number of rotatable bonds is 6. The molecular weight excluding hydrogens is 474 g/mol. The summed E-state index contributed by atoms with van der Waals surface area (Å²) in [7, 11) is 0. The van der Waals surface area contributed by atoms with Gasteiger partial charge < -0.3 is 20.6 Å². The van der Waals surface area contributed by atoms with Crippen molar-refractivity contribution < 1.29 is 17.6 Å². The number of aryl methyl sites for hydroxylation is 3. The van der Waals surface area contributed by atoms with Gasteiger partial charge in [-0.2, -0.15) is 13.2 Å². The number of anilines is 3. The number of benzene rings is 2. The van der Waals surface area contributed by atoms with Crippen molar-refractivity contribution >= 4 is 39.3 Å². The molecule has 0 fully saturated rings. The number of nitrogens with zero attached hydrogens (tertiary/aromatic N) is 3. The Morgan fingerprint density at radius 1 is 0.917 bits per heavy atom. The van der Waals surface area contributed by atoms with E-state index in [0.717, 1.165) is 22.2 Å². The van der Waals surface area contributed by atoms with Crippen LogP contribution in [0.1, 0.15) is 28.5 Å². The van der Waals surface area contributed by atoms with Crippen LogP contribution in [-0.4, -0.2) is 31.5 Å². The molecular formula is C25H23F4N7. The molecule has 5 aromatic rings.